The van der Waals surface area contributed by atoms with Gasteiger partial charge in [0.25, 0.3) is 11.8 Å². The standard InChI is InChI=1S/C18H23ClN2O4/c1-13-3-2-10-21(11-13)16(22)12-25-17(23)8-9-20-18(24)14-4-6-15(19)7-5-14/h4-7,13H,2-3,8-12H2,1H3,(H,20,24)/t13-/m0/s1. The maximum atomic E-state index is 12.0. The van der Waals surface area contributed by atoms with E-state index in [1.165, 1.54) is 0 Å². The Kier molecular flexibility index (Phi) is 7.25. The topological polar surface area (TPSA) is 75.7 Å². The minimum Gasteiger partial charge on any atom is -0.456 e. The summed E-state index contributed by atoms with van der Waals surface area (Å²) in [6, 6.07) is 6.46. The molecule has 136 valence electrons. The van der Waals surface area contributed by atoms with Gasteiger partial charge in [-0.1, -0.05) is 18.5 Å². The molecule has 0 aliphatic carbocycles. The number of likely N-dealkylation sites (tertiary alicyclic amines) is 1. The molecule has 2 amide bonds. The number of amides is 2. The maximum absolute atomic E-state index is 12.0. The molecule has 1 aromatic carbocycles. The van der Waals surface area contributed by atoms with Crippen LogP contribution in [0.15, 0.2) is 24.3 Å². The predicted octanol–water partition coefficient (Wildman–Crippen LogP) is 2.26. The van der Waals surface area contributed by atoms with Crippen molar-refractivity contribution < 1.29 is 19.1 Å². The van der Waals surface area contributed by atoms with E-state index >= 15 is 0 Å². The fraction of sp³-hybridized carbons (Fsp3) is 0.500. The molecule has 1 N–H and O–H groups in total. The highest BCUT2D eigenvalue weighted by Crippen LogP contribution is 2.15. The molecular weight excluding hydrogens is 344 g/mol. The zero-order valence-corrected chi connectivity index (χ0v) is 15.1. The van der Waals surface area contributed by atoms with Crippen molar-refractivity contribution in [3.8, 4) is 0 Å². The number of hydrogen-bond donors (Lipinski definition) is 1. The highest BCUT2D eigenvalue weighted by Gasteiger charge is 2.21. The number of nitrogens with one attached hydrogen (secondary N) is 1. The molecule has 0 spiro atoms. The minimum atomic E-state index is -0.505. The number of carbonyl (C=O) groups is 3. The average molecular weight is 367 g/mol. The summed E-state index contributed by atoms with van der Waals surface area (Å²) in [5.41, 5.74) is 0.465. The first-order valence-electron chi connectivity index (χ1n) is 8.43. The van der Waals surface area contributed by atoms with E-state index < -0.39 is 5.97 Å². The Morgan fingerprint density at radius 1 is 1.28 bits per heavy atom. The van der Waals surface area contributed by atoms with Crippen molar-refractivity contribution in [3.05, 3.63) is 34.9 Å². The summed E-state index contributed by atoms with van der Waals surface area (Å²) in [6.45, 7) is 3.45. The van der Waals surface area contributed by atoms with Crippen LogP contribution in [0.25, 0.3) is 0 Å². The minimum absolute atomic E-state index is 0.0169. The third kappa shape index (κ3) is 6.38. The van der Waals surface area contributed by atoms with Crippen LogP contribution in [-0.2, 0) is 14.3 Å². The second kappa shape index (κ2) is 9.42. The number of benzene rings is 1. The molecule has 1 aliphatic heterocycles. The molecule has 0 radical (unpaired) electrons. The Labute approximate surface area is 152 Å². The number of hydrogen-bond acceptors (Lipinski definition) is 4. The lowest BCUT2D eigenvalue weighted by molar-refractivity contribution is -0.152. The molecular formula is C18H23ClN2O4. The van der Waals surface area contributed by atoms with Gasteiger partial charge in [0.05, 0.1) is 6.42 Å². The molecule has 0 saturated carbocycles. The van der Waals surface area contributed by atoms with Gasteiger partial charge in [-0.15, -0.1) is 0 Å². The highest BCUT2D eigenvalue weighted by molar-refractivity contribution is 6.30. The van der Waals surface area contributed by atoms with E-state index in [2.05, 4.69) is 12.2 Å². The molecule has 1 fully saturated rings. The molecule has 0 unspecified atom stereocenters. The first-order chi connectivity index (χ1) is 12.0. The predicted molar refractivity (Wildman–Crippen MR) is 94.3 cm³/mol. The summed E-state index contributed by atoms with van der Waals surface area (Å²) in [5, 5.41) is 3.18. The number of carbonyl (C=O) groups excluding carboxylic acids is 3. The molecule has 0 bridgehead atoms. The van der Waals surface area contributed by atoms with E-state index in [0.29, 0.717) is 23.0 Å². The van der Waals surface area contributed by atoms with Crippen molar-refractivity contribution >= 4 is 29.4 Å². The number of halogens is 1. The Bertz CT molecular complexity index is 618. The zero-order valence-electron chi connectivity index (χ0n) is 14.3. The van der Waals surface area contributed by atoms with Gasteiger partial charge in [-0.3, -0.25) is 14.4 Å². The summed E-state index contributed by atoms with van der Waals surface area (Å²) in [4.78, 5) is 37.3. The van der Waals surface area contributed by atoms with Crippen LogP contribution in [-0.4, -0.2) is 48.9 Å². The number of esters is 1. The van der Waals surface area contributed by atoms with Crippen molar-refractivity contribution in [2.45, 2.75) is 26.2 Å². The van der Waals surface area contributed by atoms with E-state index in [0.717, 1.165) is 19.4 Å². The van der Waals surface area contributed by atoms with Crippen molar-refractivity contribution in [2.24, 2.45) is 5.92 Å². The Morgan fingerprint density at radius 2 is 2.00 bits per heavy atom. The highest BCUT2D eigenvalue weighted by atomic mass is 35.5. The molecule has 7 heteroatoms. The summed E-state index contributed by atoms with van der Waals surface area (Å²) in [5.74, 6) is -0.473. The van der Waals surface area contributed by atoms with Gasteiger partial charge in [0.15, 0.2) is 6.61 Å². The molecule has 1 aliphatic rings. The molecule has 25 heavy (non-hydrogen) atoms. The third-order valence-electron chi connectivity index (χ3n) is 4.09. The molecule has 0 aromatic heterocycles. The van der Waals surface area contributed by atoms with Crippen LogP contribution in [0, 0.1) is 5.92 Å². The lowest BCUT2D eigenvalue weighted by Gasteiger charge is -2.30. The van der Waals surface area contributed by atoms with Crippen LogP contribution < -0.4 is 5.32 Å². The number of nitrogens with zero attached hydrogens (tertiary/aromatic N) is 1. The first kappa shape index (κ1) is 19.2. The molecule has 1 saturated heterocycles. The second-order valence-corrected chi connectivity index (χ2v) is 6.70. The van der Waals surface area contributed by atoms with Gasteiger partial charge in [-0.25, -0.2) is 0 Å². The number of ether oxygens (including phenoxy) is 1. The van der Waals surface area contributed by atoms with Gasteiger partial charge in [0.2, 0.25) is 0 Å². The van der Waals surface area contributed by atoms with E-state index in [1.54, 1.807) is 29.2 Å². The normalized spacial score (nSPS) is 17.0. The Balaban J connectivity index is 1.64. The summed E-state index contributed by atoms with van der Waals surface area (Å²) in [7, 11) is 0. The molecule has 1 aromatic rings. The summed E-state index contributed by atoms with van der Waals surface area (Å²) < 4.78 is 5.00. The monoisotopic (exact) mass is 366 g/mol. The quantitative estimate of drug-likeness (QED) is 0.783. The van der Waals surface area contributed by atoms with Gasteiger partial charge in [0, 0.05) is 30.2 Å². The third-order valence-corrected chi connectivity index (χ3v) is 4.34. The van der Waals surface area contributed by atoms with Gasteiger partial charge in [-0.2, -0.15) is 0 Å². The summed E-state index contributed by atoms with van der Waals surface area (Å²) in [6.07, 6.45) is 2.12. The Hall–Kier alpha value is -2.08. The average Bonchev–Trinajstić information content (AvgIpc) is 2.60. The molecule has 6 nitrogen and oxygen atoms in total. The van der Waals surface area contributed by atoms with Gasteiger partial charge in [0.1, 0.15) is 0 Å². The van der Waals surface area contributed by atoms with Crippen molar-refractivity contribution in [1.82, 2.24) is 10.2 Å². The number of piperidine rings is 1. The van der Waals surface area contributed by atoms with Crippen molar-refractivity contribution in [1.29, 1.82) is 0 Å². The van der Waals surface area contributed by atoms with Crippen LogP contribution in [0.3, 0.4) is 0 Å². The van der Waals surface area contributed by atoms with Gasteiger partial charge < -0.3 is 15.0 Å². The van der Waals surface area contributed by atoms with Crippen LogP contribution in [0.5, 0.6) is 0 Å². The van der Waals surface area contributed by atoms with Crippen molar-refractivity contribution in [3.63, 3.8) is 0 Å². The second-order valence-electron chi connectivity index (χ2n) is 6.26. The molecule has 1 heterocycles. The van der Waals surface area contributed by atoms with Gasteiger partial charge >= 0.3 is 5.97 Å². The van der Waals surface area contributed by atoms with E-state index in [-0.39, 0.29) is 31.4 Å². The largest absolute Gasteiger partial charge is 0.456 e. The van der Waals surface area contributed by atoms with E-state index in [1.807, 2.05) is 0 Å². The lowest BCUT2D eigenvalue weighted by Crippen LogP contribution is -2.41. The smallest absolute Gasteiger partial charge is 0.308 e. The van der Waals surface area contributed by atoms with Crippen LogP contribution in [0.4, 0.5) is 0 Å². The zero-order chi connectivity index (χ0) is 18.2. The van der Waals surface area contributed by atoms with Crippen LogP contribution in [0.1, 0.15) is 36.5 Å². The summed E-state index contributed by atoms with van der Waals surface area (Å²) >= 11 is 5.76. The van der Waals surface area contributed by atoms with Gasteiger partial charge in [-0.05, 0) is 43.0 Å². The Morgan fingerprint density at radius 3 is 2.68 bits per heavy atom. The fourth-order valence-corrected chi connectivity index (χ4v) is 2.83. The molecule has 1 atom stereocenters. The fourth-order valence-electron chi connectivity index (χ4n) is 2.70. The van der Waals surface area contributed by atoms with Crippen molar-refractivity contribution in [2.75, 3.05) is 26.2 Å². The van der Waals surface area contributed by atoms with Crippen LogP contribution >= 0.6 is 11.6 Å². The van der Waals surface area contributed by atoms with E-state index in [9.17, 15) is 14.4 Å². The maximum Gasteiger partial charge on any atom is 0.308 e. The SMILES string of the molecule is C[C@H]1CCCN(C(=O)COC(=O)CCNC(=O)c2ccc(Cl)cc2)C1. The first-order valence-corrected chi connectivity index (χ1v) is 8.80. The lowest BCUT2D eigenvalue weighted by atomic mass is 10.0. The van der Waals surface area contributed by atoms with E-state index in [4.69, 9.17) is 16.3 Å². The number of rotatable bonds is 6. The molecule has 2 rings (SSSR count). The van der Waals surface area contributed by atoms with Crippen LogP contribution in [0.2, 0.25) is 5.02 Å².